The average Bonchev–Trinajstić information content (AvgIpc) is 3.38. The van der Waals surface area contributed by atoms with Crippen molar-refractivity contribution < 1.29 is 13.2 Å². The molecule has 1 aliphatic rings. The van der Waals surface area contributed by atoms with Crippen molar-refractivity contribution in [2.24, 2.45) is 0 Å². The molecule has 3 aromatic rings. The first-order chi connectivity index (χ1) is 15.2. The first-order valence-electron chi connectivity index (χ1n) is 10.3. The number of nitrogens with zero attached hydrogens (tertiary/aromatic N) is 4. The molecule has 3 heterocycles. The Hall–Kier alpha value is -2.76. The minimum absolute atomic E-state index is 0.0794. The lowest BCUT2D eigenvalue weighted by Gasteiger charge is -2.29. The molecule has 4 rings (SSSR count). The molecule has 11 heteroatoms. The topological polar surface area (TPSA) is 106 Å². The zero-order chi connectivity index (χ0) is 22.9. The Morgan fingerprint density at radius 2 is 1.88 bits per heavy atom. The third-order valence-electron chi connectivity index (χ3n) is 5.51. The van der Waals surface area contributed by atoms with Crippen molar-refractivity contribution in [3.05, 3.63) is 63.7 Å². The summed E-state index contributed by atoms with van der Waals surface area (Å²) in [6, 6.07) is 11.1. The highest BCUT2D eigenvalue weighted by atomic mass is 32.2. The molecule has 1 saturated heterocycles. The number of sulfonamides is 1. The SMILES string of the molecule is Cc1ccc(NC(=O)Cn2nc(C3CCN(S(C)(=O)=O)CC3)n(-c3cccs3)c2=O)cc1. The largest absolute Gasteiger partial charge is 0.351 e. The Labute approximate surface area is 190 Å². The van der Waals surface area contributed by atoms with Gasteiger partial charge in [0.15, 0.2) is 0 Å². The van der Waals surface area contributed by atoms with Crippen LogP contribution in [0.25, 0.3) is 5.00 Å². The van der Waals surface area contributed by atoms with Crippen LogP contribution in [0.2, 0.25) is 0 Å². The third kappa shape index (κ3) is 4.84. The van der Waals surface area contributed by atoms with E-state index in [0.717, 1.165) is 10.6 Å². The van der Waals surface area contributed by atoms with E-state index in [1.807, 2.05) is 36.6 Å². The molecule has 0 spiro atoms. The van der Waals surface area contributed by atoms with Crippen molar-refractivity contribution in [2.75, 3.05) is 24.7 Å². The van der Waals surface area contributed by atoms with E-state index in [0.29, 0.717) is 37.4 Å². The van der Waals surface area contributed by atoms with Crippen LogP contribution in [0, 0.1) is 6.92 Å². The molecule has 0 atom stereocenters. The van der Waals surface area contributed by atoms with Crippen LogP contribution >= 0.6 is 11.3 Å². The van der Waals surface area contributed by atoms with Crippen molar-refractivity contribution in [3.8, 4) is 5.00 Å². The third-order valence-corrected chi connectivity index (χ3v) is 7.66. The first kappa shape index (κ1) is 22.4. The summed E-state index contributed by atoms with van der Waals surface area (Å²) in [7, 11) is -3.25. The molecule has 1 aromatic carbocycles. The number of carbonyl (C=O) groups is 1. The van der Waals surface area contributed by atoms with Crippen LogP contribution in [-0.4, -0.2) is 52.3 Å². The minimum Gasteiger partial charge on any atom is -0.324 e. The van der Waals surface area contributed by atoms with Crippen LogP contribution in [0.3, 0.4) is 0 Å². The van der Waals surface area contributed by atoms with Crippen molar-refractivity contribution >= 4 is 33.0 Å². The molecule has 1 N–H and O–H groups in total. The average molecular weight is 476 g/mol. The molecule has 32 heavy (non-hydrogen) atoms. The molecular formula is C21H25N5O4S2. The predicted octanol–water partition coefficient (Wildman–Crippen LogP) is 2.18. The molecule has 9 nitrogen and oxygen atoms in total. The van der Waals surface area contributed by atoms with E-state index in [4.69, 9.17) is 0 Å². The summed E-state index contributed by atoms with van der Waals surface area (Å²) in [6.45, 7) is 2.51. The van der Waals surface area contributed by atoms with Crippen molar-refractivity contribution in [1.82, 2.24) is 18.7 Å². The van der Waals surface area contributed by atoms with Gasteiger partial charge in [0.1, 0.15) is 17.4 Å². The maximum Gasteiger partial charge on any atom is 0.351 e. The van der Waals surface area contributed by atoms with E-state index in [-0.39, 0.29) is 24.1 Å². The Balaban J connectivity index is 1.59. The molecule has 0 saturated carbocycles. The quantitative estimate of drug-likeness (QED) is 0.588. The highest BCUT2D eigenvalue weighted by Gasteiger charge is 2.30. The molecule has 0 bridgehead atoms. The van der Waals surface area contributed by atoms with Crippen LogP contribution in [0.1, 0.15) is 30.1 Å². The number of aromatic nitrogens is 3. The van der Waals surface area contributed by atoms with Gasteiger partial charge in [-0.1, -0.05) is 17.7 Å². The van der Waals surface area contributed by atoms with Gasteiger partial charge < -0.3 is 5.32 Å². The molecule has 0 unspecified atom stereocenters. The Kier molecular flexibility index (Phi) is 6.31. The molecule has 1 fully saturated rings. The van der Waals surface area contributed by atoms with Gasteiger partial charge in [-0.05, 0) is 49.4 Å². The number of amides is 1. The second-order valence-corrected chi connectivity index (χ2v) is 10.8. The number of rotatable bonds is 6. The number of nitrogens with one attached hydrogen (secondary N) is 1. The highest BCUT2D eigenvalue weighted by Crippen LogP contribution is 2.29. The molecule has 170 valence electrons. The monoisotopic (exact) mass is 475 g/mol. The van der Waals surface area contributed by atoms with E-state index in [1.165, 1.54) is 26.6 Å². The number of carbonyl (C=O) groups excluding carboxylic acids is 1. The van der Waals surface area contributed by atoms with E-state index in [9.17, 15) is 18.0 Å². The fourth-order valence-corrected chi connectivity index (χ4v) is 5.42. The number of piperidine rings is 1. The van der Waals surface area contributed by atoms with Crippen molar-refractivity contribution in [3.63, 3.8) is 0 Å². The van der Waals surface area contributed by atoms with Gasteiger partial charge in [-0.2, -0.15) is 5.10 Å². The molecule has 1 amide bonds. The molecular weight excluding hydrogens is 450 g/mol. The number of benzene rings is 1. The number of hydrogen-bond acceptors (Lipinski definition) is 6. The van der Waals surface area contributed by atoms with Crippen LogP contribution in [-0.2, 0) is 21.4 Å². The normalized spacial score (nSPS) is 15.7. The molecule has 0 radical (unpaired) electrons. The van der Waals surface area contributed by atoms with Gasteiger partial charge in [-0.15, -0.1) is 11.3 Å². The second-order valence-electron chi connectivity index (χ2n) is 7.94. The zero-order valence-electron chi connectivity index (χ0n) is 17.9. The Bertz CT molecular complexity index is 1250. The molecule has 2 aromatic heterocycles. The number of hydrogen-bond donors (Lipinski definition) is 1. The van der Waals surface area contributed by atoms with Crippen LogP contribution < -0.4 is 11.0 Å². The number of aryl methyl sites for hydroxylation is 1. The summed E-state index contributed by atoms with van der Waals surface area (Å²) in [5.74, 6) is 0.142. The van der Waals surface area contributed by atoms with Crippen LogP contribution in [0.4, 0.5) is 5.69 Å². The lowest BCUT2D eigenvalue weighted by molar-refractivity contribution is -0.117. The lowest BCUT2D eigenvalue weighted by atomic mass is 9.97. The summed E-state index contributed by atoms with van der Waals surface area (Å²) in [5, 5.41) is 9.91. The van der Waals surface area contributed by atoms with Gasteiger partial charge in [0.2, 0.25) is 15.9 Å². The van der Waals surface area contributed by atoms with E-state index < -0.39 is 10.0 Å². The summed E-state index contributed by atoms with van der Waals surface area (Å²) >= 11 is 1.41. The van der Waals surface area contributed by atoms with Gasteiger partial charge in [0.05, 0.1) is 6.26 Å². The van der Waals surface area contributed by atoms with Gasteiger partial charge in [0, 0.05) is 24.7 Å². The second kappa shape index (κ2) is 9.00. The smallest absolute Gasteiger partial charge is 0.324 e. The fraction of sp³-hybridized carbons (Fsp3) is 0.381. The van der Waals surface area contributed by atoms with E-state index >= 15 is 0 Å². The van der Waals surface area contributed by atoms with Gasteiger partial charge in [0.25, 0.3) is 0 Å². The van der Waals surface area contributed by atoms with Crippen LogP contribution in [0.15, 0.2) is 46.6 Å². The summed E-state index contributed by atoms with van der Waals surface area (Å²) in [5.41, 5.74) is 1.35. The minimum atomic E-state index is -3.25. The number of anilines is 1. The summed E-state index contributed by atoms with van der Waals surface area (Å²) in [6.07, 6.45) is 2.32. The van der Waals surface area contributed by atoms with Crippen molar-refractivity contribution in [2.45, 2.75) is 32.2 Å². The van der Waals surface area contributed by atoms with E-state index in [2.05, 4.69) is 10.4 Å². The highest BCUT2D eigenvalue weighted by molar-refractivity contribution is 7.88. The molecule has 1 aliphatic heterocycles. The molecule has 0 aliphatic carbocycles. The maximum absolute atomic E-state index is 13.2. The van der Waals surface area contributed by atoms with Gasteiger partial charge in [-0.3, -0.25) is 4.79 Å². The van der Waals surface area contributed by atoms with E-state index in [1.54, 1.807) is 16.7 Å². The fourth-order valence-electron chi connectivity index (χ4n) is 3.82. The number of thiophene rings is 1. The maximum atomic E-state index is 13.2. The summed E-state index contributed by atoms with van der Waals surface area (Å²) < 4.78 is 27.9. The Morgan fingerprint density at radius 3 is 2.47 bits per heavy atom. The standard InChI is InChI=1S/C21H25N5O4S2/c1-15-5-7-17(8-6-15)22-18(27)14-25-21(28)26(19-4-3-13-31-19)20(23-25)16-9-11-24(12-10-16)32(2,29)30/h3-8,13,16H,9-12,14H2,1-2H3,(H,22,27). The van der Waals surface area contributed by atoms with Crippen LogP contribution in [0.5, 0.6) is 0 Å². The van der Waals surface area contributed by atoms with Gasteiger partial charge in [-0.25, -0.2) is 26.8 Å². The zero-order valence-corrected chi connectivity index (χ0v) is 19.5. The lowest BCUT2D eigenvalue weighted by Crippen LogP contribution is -2.37. The summed E-state index contributed by atoms with van der Waals surface area (Å²) in [4.78, 5) is 25.7. The first-order valence-corrected chi connectivity index (χ1v) is 13.0. The Morgan fingerprint density at radius 1 is 1.19 bits per heavy atom. The van der Waals surface area contributed by atoms with Gasteiger partial charge >= 0.3 is 5.69 Å². The predicted molar refractivity (Wildman–Crippen MR) is 124 cm³/mol. The van der Waals surface area contributed by atoms with Crippen molar-refractivity contribution in [1.29, 1.82) is 0 Å².